The third-order valence-corrected chi connectivity index (χ3v) is 3.69. The summed E-state index contributed by atoms with van der Waals surface area (Å²) in [4.78, 5) is 13.9. The summed E-state index contributed by atoms with van der Waals surface area (Å²) < 4.78 is 10.7. The number of ether oxygens (including phenoxy) is 2. The minimum atomic E-state index is 0.0946. The molecule has 0 saturated heterocycles. The van der Waals surface area contributed by atoms with E-state index in [1.165, 1.54) is 0 Å². The van der Waals surface area contributed by atoms with Gasteiger partial charge in [-0.05, 0) is 18.5 Å². The van der Waals surface area contributed by atoms with Crippen LogP contribution in [-0.2, 0) is 11.3 Å². The molecule has 0 bridgehead atoms. The van der Waals surface area contributed by atoms with Gasteiger partial charge in [0.25, 0.3) is 0 Å². The summed E-state index contributed by atoms with van der Waals surface area (Å²) in [6, 6.07) is 5.67. The second kappa shape index (κ2) is 8.52. The number of benzene rings is 1. The first-order chi connectivity index (χ1) is 10.1. The molecule has 0 aliphatic carbocycles. The minimum Gasteiger partial charge on any atom is -0.493 e. The number of nitrogens with two attached hydrogens (primary N) is 1. The van der Waals surface area contributed by atoms with E-state index in [2.05, 4.69) is 6.92 Å². The van der Waals surface area contributed by atoms with Crippen molar-refractivity contribution in [2.45, 2.75) is 26.3 Å². The molecule has 0 heterocycles. The fourth-order valence-corrected chi connectivity index (χ4v) is 2.22. The first-order valence-corrected chi connectivity index (χ1v) is 7.21. The highest BCUT2D eigenvalue weighted by Gasteiger charge is 2.17. The van der Waals surface area contributed by atoms with Gasteiger partial charge < -0.3 is 20.1 Å². The summed E-state index contributed by atoms with van der Waals surface area (Å²) in [6.45, 7) is 3.08. The maximum Gasteiger partial charge on any atom is 0.222 e. The van der Waals surface area contributed by atoms with Crippen LogP contribution >= 0.6 is 0 Å². The summed E-state index contributed by atoms with van der Waals surface area (Å²) in [7, 11) is 5.00. The van der Waals surface area contributed by atoms with Crippen molar-refractivity contribution in [3.05, 3.63) is 23.8 Å². The third-order valence-electron chi connectivity index (χ3n) is 3.69. The van der Waals surface area contributed by atoms with Crippen LogP contribution in [0.1, 0.15) is 25.3 Å². The summed E-state index contributed by atoms with van der Waals surface area (Å²) in [5, 5.41) is 0. The number of methoxy groups -OCH3 is 2. The van der Waals surface area contributed by atoms with Crippen molar-refractivity contribution < 1.29 is 14.3 Å². The Morgan fingerprint density at radius 1 is 1.33 bits per heavy atom. The van der Waals surface area contributed by atoms with Crippen molar-refractivity contribution in [3.63, 3.8) is 0 Å². The van der Waals surface area contributed by atoms with Gasteiger partial charge >= 0.3 is 0 Å². The van der Waals surface area contributed by atoms with Crippen LogP contribution in [0.3, 0.4) is 0 Å². The van der Waals surface area contributed by atoms with E-state index in [1.807, 2.05) is 18.2 Å². The molecule has 118 valence electrons. The molecule has 1 rings (SSSR count). The van der Waals surface area contributed by atoms with E-state index in [0.29, 0.717) is 31.0 Å². The van der Waals surface area contributed by atoms with E-state index >= 15 is 0 Å². The maximum absolute atomic E-state index is 12.2. The van der Waals surface area contributed by atoms with Crippen LogP contribution in [0, 0.1) is 5.92 Å². The van der Waals surface area contributed by atoms with Gasteiger partial charge in [0.2, 0.25) is 5.91 Å². The topological polar surface area (TPSA) is 64.8 Å². The standard InChI is InChI=1S/C16H26N2O3/c1-5-12(10-17)9-15(19)18(2)11-13-7-6-8-14(20-3)16(13)21-4/h6-8,12H,5,9-11,17H2,1-4H3. The van der Waals surface area contributed by atoms with Gasteiger partial charge in [-0.25, -0.2) is 0 Å². The van der Waals surface area contributed by atoms with E-state index in [4.69, 9.17) is 15.2 Å². The monoisotopic (exact) mass is 294 g/mol. The van der Waals surface area contributed by atoms with E-state index in [1.54, 1.807) is 26.2 Å². The molecule has 1 aromatic rings. The molecule has 0 radical (unpaired) electrons. The number of carbonyl (C=O) groups excluding carboxylic acids is 1. The highest BCUT2D eigenvalue weighted by atomic mass is 16.5. The molecule has 1 unspecified atom stereocenters. The van der Waals surface area contributed by atoms with Crippen molar-refractivity contribution in [3.8, 4) is 11.5 Å². The molecule has 0 fully saturated rings. The number of amides is 1. The normalized spacial score (nSPS) is 11.9. The molecule has 1 aromatic carbocycles. The van der Waals surface area contributed by atoms with Gasteiger partial charge in [-0.2, -0.15) is 0 Å². The van der Waals surface area contributed by atoms with Crippen molar-refractivity contribution >= 4 is 5.91 Å². The molecular formula is C16H26N2O3. The highest BCUT2D eigenvalue weighted by Crippen LogP contribution is 2.31. The number of para-hydroxylation sites is 1. The van der Waals surface area contributed by atoms with Crippen LogP contribution in [0.5, 0.6) is 11.5 Å². The number of rotatable bonds is 8. The Morgan fingerprint density at radius 3 is 2.57 bits per heavy atom. The van der Waals surface area contributed by atoms with Crippen LogP contribution in [0.4, 0.5) is 0 Å². The lowest BCUT2D eigenvalue weighted by Crippen LogP contribution is -2.30. The molecule has 0 aromatic heterocycles. The van der Waals surface area contributed by atoms with Crippen LogP contribution in [0.15, 0.2) is 18.2 Å². The predicted octanol–water partition coefficient (Wildman–Crippen LogP) is 2.04. The van der Waals surface area contributed by atoms with Crippen molar-refractivity contribution in [2.75, 3.05) is 27.8 Å². The molecule has 21 heavy (non-hydrogen) atoms. The van der Waals surface area contributed by atoms with Gasteiger partial charge in [0.1, 0.15) is 0 Å². The average Bonchev–Trinajstić information content (AvgIpc) is 2.51. The number of nitrogens with zero attached hydrogens (tertiary/aromatic N) is 1. The molecular weight excluding hydrogens is 268 g/mol. The average molecular weight is 294 g/mol. The molecule has 2 N–H and O–H groups in total. The lowest BCUT2D eigenvalue weighted by molar-refractivity contribution is -0.131. The van der Waals surface area contributed by atoms with Crippen molar-refractivity contribution in [1.82, 2.24) is 4.90 Å². The fraction of sp³-hybridized carbons (Fsp3) is 0.562. The Bertz CT molecular complexity index is 459. The van der Waals surface area contributed by atoms with Gasteiger partial charge in [0.15, 0.2) is 11.5 Å². The third kappa shape index (κ3) is 4.63. The van der Waals surface area contributed by atoms with Gasteiger partial charge in [-0.15, -0.1) is 0 Å². The second-order valence-corrected chi connectivity index (χ2v) is 5.12. The molecule has 1 amide bonds. The molecule has 0 saturated carbocycles. The van der Waals surface area contributed by atoms with Crippen LogP contribution in [0.2, 0.25) is 0 Å². The second-order valence-electron chi connectivity index (χ2n) is 5.12. The number of carbonyl (C=O) groups is 1. The molecule has 0 aliphatic rings. The smallest absolute Gasteiger partial charge is 0.222 e. The van der Waals surface area contributed by atoms with Gasteiger partial charge in [-0.3, -0.25) is 4.79 Å². The molecule has 1 atom stereocenters. The fourth-order valence-electron chi connectivity index (χ4n) is 2.22. The van der Waals surface area contributed by atoms with E-state index in [0.717, 1.165) is 12.0 Å². The molecule has 5 heteroatoms. The van der Waals surface area contributed by atoms with Crippen molar-refractivity contribution in [1.29, 1.82) is 0 Å². The zero-order chi connectivity index (χ0) is 15.8. The van der Waals surface area contributed by atoms with Crippen molar-refractivity contribution in [2.24, 2.45) is 11.7 Å². The van der Waals surface area contributed by atoms with Crippen LogP contribution < -0.4 is 15.2 Å². The zero-order valence-electron chi connectivity index (χ0n) is 13.4. The number of hydrogen-bond donors (Lipinski definition) is 1. The maximum atomic E-state index is 12.2. The minimum absolute atomic E-state index is 0.0946. The molecule has 0 spiro atoms. The van der Waals surface area contributed by atoms with Crippen LogP contribution in [0.25, 0.3) is 0 Å². The Labute approximate surface area is 127 Å². The first kappa shape index (κ1) is 17.3. The Hall–Kier alpha value is -1.75. The summed E-state index contributed by atoms with van der Waals surface area (Å²) in [5.74, 6) is 1.68. The quantitative estimate of drug-likeness (QED) is 0.797. The summed E-state index contributed by atoms with van der Waals surface area (Å²) >= 11 is 0. The summed E-state index contributed by atoms with van der Waals surface area (Å²) in [6.07, 6.45) is 1.40. The Balaban J connectivity index is 2.78. The largest absolute Gasteiger partial charge is 0.493 e. The lowest BCUT2D eigenvalue weighted by Gasteiger charge is -2.22. The SMILES string of the molecule is CCC(CN)CC(=O)N(C)Cc1cccc(OC)c1OC. The Morgan fingerprint density at radius 2 is 2.05 bits per heavy atom. The van der Waals surface area contributed by atoms with Gasteiger partial charge in [0.05, 0.1) is 14.2 Å². The first-order valence-electron chi connectivity index (χ1n) is 7.21. The zero-order valence-corrected chi connectivity index (χ0v) is 13.4. The van der Waals surface area contributed by atoms with E-state index in [9.17, 15) is 4.79 Å². The summed E-state index contributed by atoms with van der Waals surface area (Å²) in [5.41, 5.74) is 6.59. The highest BCUT2D eigenvalue weighted by molar-refractivity contribution is 5.76. The van der Waals surface area contributed by atoms with Gasteiger partial charge in [0, 0.05) is 25.6 Å². The number of hydrogen-bond acceptors (Lipinski definition) is 4. The Kier molecular flexibility index (Phi) is 7.02. The molecule has 5 nitrogen and oxygen atoms in total. The lowest BCUT2D eigenvalue weighted by atomic mass is 10.0. The van der Waals surface area contributed by atoms with E-state index in [-0.39, 0.29) is 11.8 Å². The van der Waals surface area contributed by atoms with Gasteiger partial charge in [-0.1, -0.05) is 25.5 Å². The van der Waals surface area contributed by atoms with Crippen LogP contribution in [-0.4, -0.2) is 38.6 Å². The van der Waals surface area contributed by atoms with E-state index < -0.39 is 0 Å². The predicted molar refractivity (Wildman–Crippen MR) is 83.5 cm³/mol. The molecule has 0 aliphatic heterocycles.